The Bertz CT molecular complexity index is 574. The molecule has 0 unspecified atom stereocenters. The lowest BCUT2D eigenvalue weighted by molar-refractivity contribution is -0.137. The van der Waals surface area contributed by atoms with Crippen molar-refractivity contribution in [2.24, 2.45) is 0 Å². The van der Waals surface area contributed by atoms with Crippen LogP contribution in [0.3, 0.4) is 0 Å². The summed E-state index contributed by atoms with van der Waals surface area (Å²) in [5.41, 5.74) is -0.198. The van der Waals surface area contributed by atoms with Crippen molar-refractivity contribution in [1.82, 2.24) is 15.0 Å². The second-order valence-corrected chi connectivity index (χ2v) is 4.55. The summed E-state index contributed by atoms with van der Waals surface area (Å²) in [7, 11) is 0. The zero-order chi connectivity index (χ0) is 15.5. The number of alkyl halides is 3. The third-order valence-electron chi connectivity index (χ3n) is 3.19. The highest BCUT2D eigenvalue weighted by atomic mass is 19.4. The molecule has 0 radical (unpaired) electrons. The SMILES string of the molecule is CCN(CC)Cc1nc(-c2ccc(C(F)(F)F)cc2)no1. The van der Waals surface area contributed by atoms with Crippen LogP contribution in [0.4, 0.5) is 13.2 Å². The number of benzene rings is 1. The maximum absolute atomic E-state index is 12.5. The first-order valence-electron chi connectivity index (χ1n) is 6.66. The first-order valence-corrected chi connectivity index (χ1v) is 6.66. The second kappa shape index (κ2) is 6.26. The molecule has 7 heteroatoms. The highest BCUT2D eigenvalue weighted by Crippen LogP contribution is 2.30. The van der Waals surface area contributed by atoms with Gasteiger partial charge in [0.25, 0.3) is 0 Å². The van der Waals surface area contributed by atoms with Gasteiger partial charge in [-0.3, -0.25) is 4.90 Å². The van der Waals surface area contributed by atoms with E-state index in [9.17, 15) is 13.2 Å². The minimum Gasteiger partial charge on any atom is -0.338 e. The van der Waals surface area contributed by atoms with E-state index < -0.39 is 11.7 Å². The topological polar surface area (TPSA) is 42.2 Å². The number of nitrogens with zero attached hydrogens (tertiary/aromatic N) is 3. The van der Waals surface area contributed by atoms with Gasteiger partial charge < -0.3 is 4.52 Å². The van der Waals surface area contributed by atoms with Gasteiger partial charge in [0.05, 0.1) is 12.1 Å². The van der Waals surface area contributed by atoms with Gasteiger partial charge in [-0.05, 0) is 25.2 Å². The fraction of sp³-hybridized carbons (Fsp3) is 0.429. The van der Waals surface area contributed by atoms with Gasteiger partial charge in [-0.15, -0.1) is 0 Å². The maximum Gasteiger partial charge on any atom is 0.416 e. The lowest BCUT2D eigenvalue weighted by atomic mass is 10.1. The first kappa shape index (κ1) is 15.5. The van der Waals surface area contributed by atoms with Crippen molar-refractivity contribution < 1.29 is 17.7 Å². The number of aromatic nitrogens is 2. The first-order chi connectivity index (χ1) is 9.94. The summed E-state index contributed by atoms with van der Waals surface area (Å²) >= 11 is 0. The van der Waals surface area contributed by atoms with Crippen LogP contribution >= 0.6 is 0 Å². The molecule has 0 saturated heterocycles. The Kier molecular flexibility index (Phi) is 4.62. The van der Waals surface area contributed by atoms with Crippen LogP contribution in [-0.2, 0) is 12.7 Å². The largest absolute Gasteiger partial charge is 0.416 e. The standard InChI is InChI=1S/C14H16F3N3O/c1-3-20(4-2)9-12-18-13(19-21-12)10-5-7-11(8-6-10)14(15,16)17/h5-8H,3-4,9H2,1-2H3. The maximum atomic E-state index is 12.5. The fourth-order valence-corrected chi connectivity index (χ4v) is 1.88. The highest BCUT2D eigenvalue weighted by molar-refractivity contribution is 5.54. The van der Waals surface area contributed by atoms with E-state index in [4.69, 9.17) is 4.52 Å². The average Bonchev–Trinajstić information content (AvgIpc) is 2.92. The summed E-state index contributed by atoms with van der Waals surface area (Å²) in [6, 6.07) is 4.70. The molecular weight excluding hydrogens is 283 g/mol. The lowest BCUT2D eigenvalue weighted by Crippen LogP contribution is -2.22. The van der Waals surface area contributed by atoms with E-state index in [1.807, 2.05) is 13.8 Å². The number of hydrogen-bond donors (Lipinski definition) is 0. The average molecular weight is 299 g/mol. The molecule has 0 amide bonds. The van der Waals surface area contributed by atoms with Gasteiger partial charge in [-0.25, -0.2) is 0 Å². The van der Waals surface area contributed by atoms with Crippen LogP contribution in [0.5, 0.6) is 0 Å². The second-order valence-electron chi connectivity index (χ2n) is 4.55. The van der Waals surface area contributed by atoms with Gasteiger partial charge in [0.15, 0.2) is 0 Å². The molecule has 0 fully saturated rings. The van der Waals surface area contributed by atoms with Crippen molar-refractivity contribution >= 4 is 0 Å². The van der Waals surface area contributed by atoms with Crippen LogP contribution in [0.2, 0.25) is 0 Å². The normalized spacial score (nSPS) is 12.1. The third-order valence-corrected chi connectivity index (χ3v) is 3.19. The molecule has 0 atom stereocenters. The van der Waals surface area contributed by atoms with Crippen LogP contribution in [0.25, 0.3) is 11.4 Å². The minimum absolute atomic E-state index is 0.297. The molecule has 4 nitrogen and oxygen atoms in total. The molecule has 2 aromatic rings. The summed E-state index contributed by atoms with van der Waals surface area (Å²) in [4.78, 5) is 6.31. The van der Waals surface area contributed by atoms with Crippen LogP contribution in [0.15, 0.2) is 28.8 Å². The zero-order valence-electron chi connectivity index (χ0n) is 11.8. The van der Waals surface area contributed by atoms with Crippen molar-refractivity contribution in [3.05, 3.63) is 35.7 Å². The van der Waals surface area contributed by atoms with Gasteiger partial charge in [0.1, 0.15) is 0 Å². The summed E-state index contributed by atoms with van der Waals surface area (Å²) in [6.45, 7) is 6.29. The summed E-state index contributed by atoms with van der Waals surface area (Å²) < 4.78 is 42.6. The lowest BCUT2D eigenvalue weighted by Gasteiger charge is -2.14. The van der Waals surface area contributed by atoms with Crippen molar-refractivity contribution in [2.75, 3.05) is 13.1 Å². The van der Waals surface area contributed by atoms with E-state index in [0.717, 1.165) is 25.2 Å². The molecule has 0 saturated carbocycles. The third kappa shape index (κ3) is 3.81. The van der Waals surface area contributed by atoms with Crippen molar-refractivity contribution in [3.63, 3.8) is 0 Å². The van der Waals surface area contributed by atoms with Crippen LogP contribution in [0.1, 0.15) is 25.3 Å². The molecule has 0 aliphatic heterocycles. The Morgan fingerprint density at radius 1 is 1.10 bits per heavy atom. The number of rotatable bonds is 5. The molecule has 0 spiro atoms. The van der Waals surface area contributed by atoms with Crippen LogP contribution < -0.4 is 0 Å². The van der Waals surface area contributed by atoms with E-state index >= 15 is 0 Å². The fourth-order valence-electron chi connectivity index (χ4n) is 1.88. The van der Waals surface area contributed by atoms with Gasteiger partial charge >= 0.3 is 6.18 Å². The summed E-state index contributed by atoms with van der Waals surface area (Å²) in [5.74, 6) is 0.750. The Morgan fingerprint density at radius 3 is 2.24 bits per heavy atom. The van der Waals surface area contributed by atoms with Gasteiger partial charge in [-0.1, -0.05) is 31.1 Å². The van der Waals surface area contributed by atoms with E-state index in [1.54, 1.807) is 0 Å². The Hall–Kier alpha value is -1.89. The van der Waals surface area contributed by atoms with Gasteiger partial charge in [0, 0.05) is 5.56 Å². The zero-order valence-corrected chi connectivity index (χ0v) is 11.8. The highest BCUT2D eigenvalue weighted by Gasteiger charge is 2.30. The smallest absolute Gasteiger partial charge is 0.338 e. The summed E-state index contributed by atoms with van der Waals surface area (Å²) in [5, 5.41) is 3.81. The van der Waals surface area contributed by atoms with E-state index in [-0.39, 0.29) is 0 Å². The van der Waals surface area contributed by atoms with Gasteiger partial charge in [-0.2, -0.15) is 18.2 Å². The van der Waals surface area contributed by atoms with Crippen LogP contribution in [-0.4, -0.2) is 28.1 Å². The monoisotopic (exact) mass is 299 g/mol. The molecule has 2 rings (SSSR count). The molecule has 21 heavy (non-hydrogen) atoms. The predicted octanol–water partition coefficient (Wildman–Crippen LogP) is 3.60. The molecule has 0 aliphatic rings. The number of halogens is 3. The van der Waals surface area contributed by atoms with Gasteiger partial charge in [0.2, 0.25) is 11.7 Å². The van der Waals surface area contributed by atoms with Crippen molar-refractivity contribution in [2.45, 2.75) is 26.6 Å². The quantitative estimate of drug-likeness (QED) is 0.846. The molecule has 114 valence electrons. The Labute approximate surface area is 120 Å². The van der Waals surface area contributed by atoms with E-state index in [2.05, 4.69) is 15.0 Å². The number of hydrogen-bond acceptors (Lipinski definition) is 4. The molecule has 1 heterocycles. The minimum atomic E-state index is -4.34. The van der Waals surface area contributed by atoms with Crippen LogP contribution in [0, 0.1) is 0 Å². The molecule has 0 aliphatic carbocycles. The Balaban J connectivity index is 2.14. The molecular formula is C14H16F3N3O. The summed E-state index contributed by atoms with van der Waals surface area (Å²) in [6.07, 6.45) is -4.34. The predicted molar refractivity (Wildman–Crippen MR) is 71.4 cm³/mol. The van der Waals surface area contributed by atoms with Crippen molar-refractivity contribution in [3.8, 4) is 11.4 Å². The van der Waals surface area contributed by atoms with Crippen molar-refractivity contribution in [1.29, 1.82) is 0 Å². The molecule has 0 bridgehead atoms. The molecule has 1 aromatic carbocycles. The van der Waals surface area contributed by atoms with E-state index in [0.29, 0.717) is 23.8 Å². The van der Waals surface area contributed by atoms with E-state index in [1.165, 1.54) is 12.1 Å². The molecule has 0 N–H and O–H groups in total. The Morgan fingerprint density at radius 2 is 1.71 bits per heavy atom. The molecule has 1 aromatic heterocycles.